The lowest BCUT2D eigenvalue weighted by Crippen LogP contribution is -2.24. The SMILES string of the molecule is COc1cc(NC(=O)Cn2c(C)cc(=O)cc2C)c(C(=O)O)cc1OC. The number of hydrogen-bond acceptors (Lipinski definition) is 5. The molecule has 2 N–H and O–H groups in total. The van der Waals surface area contributed by atoms with Gasteiger partial charge in [-0.2, -0.15) is 0 Å². The van der Waals surface area contributed by atoms with Crippen LogP contribution in [0.25, 0.3) is 0 Å². The van der Waals surface area contributed by atoms with Crippen molar-refractivity contribution in [1.82, 2.24) is 4.57 Å². The lowest BCUT2D eigenvalue weighted by molar-refractivity contribution is -0.116. The summed E-state index contributed by atoms with van der Waals surface area (Å²) in [7, 11) is 2.81. The van der Waals surface area contributed by atoms with E-state index in [1.54, 1.807) is 18.4 Å². The number of nitrogens with zero attached hydrogens (tertiary/aromatic N) is 1. The number of amides is 1. The predicted octanol–water partition coefficient (Wildman–Crippen LogP) is 1.82. The van der Waals surface area contributed by atoms with Crippen LogP contribution in [-0.2, 0) is 11.3 Å². The van der Waals surface area contributed by atoms with Gasteiger partial charge < -0.3 is 24.5 Å². The minimum Gasteiger partial charge on any atom is -0.493 e. The van der Waals surface area contributed by atoms with Gasteiger partial charge in [-0.05, 0) is 13.8 Å². The summed E-state index contributed by atoms with van der Waals surface area (Å²) in [5, 5.41) is 12.0. The number of carboxylic acids is 1. The van der Waals surface area contributed by atoms with Crippen molar-refractivity contribution in [3.05, 3.63) is 51.4 Å². The molecule has 1 aromatic heterocycles. The second kappa shape index (κ2) is 7.73. The molecule has 0 saturated carbocycles. The Balaban J connectivity index is 2.34. The Bertz CT molecular complexity index is 890. The Morgan fingerprint density at radius 2 is 1.58 bits per heavy atom. The summed E-state index contributed by atoms with van der Waals surface area (Å²) in [6, 6.07) is 5.54. The molecule has 8 heteroatoms. The molecule has 0 aliphatic heterocycles. The number of nitrogens with one attached hydrogen (secondary N) is 1. The standard InChI is InChI=1S/C18H20N2O6/c1-10-5-12(21)6-11(2)20(10)9-17(22)19-14-8-16(26-4)15(25-3)7-13(14)18(23)24/h5-8H,9H2,1-4H3,(H,19,22)(H,23,24). The first-order chi connectivity index (χ1) is 12.3. The van der Waals surface area contributed by atoms with Gasteiger partial charge in [-0.1, -0.05) is 0 Å². The van der Waals surface area contributed by atoms with Crippen LogP contribution >= 0.6 is 0 Å². The molecular formula is C18H20N2O6. The fraction of sp³-hybridized carbons (Fsp3) is 0.278. The van der Waals surface area contributed by atoms with Crippen molar-refractivity contribution in [3.63, 3.8) is 0 Å². The van der Waals surface area contributed by atoms with Crippen molar-refractivity contribution in [2.75, 3.05) is 19.5 Å². The topological polar surface area (TPSA) is 107 Å². The van der Waals surface area contributed by atoms with E-state index in [9.17, 15) is 19.5 Å². The van der Waals surface area contributed by atoms with E-state index in [1.165, 1.54) is 38.5 Å². The Kier molecular flexibility index (Phi) is 5.66. The zero-order chi connectivity index (χ0) is 19.4. The van der Waals surface area contributed by atoms with Crippen LogP contribution < -0.4 is 20.2 Å². The number of carbonyl (C=O) groups is 2. The van der Waals surface area contributed by atoms with E-state index in [1.807, 2.05) is 0 Å². The normalized spacial score (nSPS) is 10.3. The van der Waals surface area contributed by atoms with Gasteiger partial charge in [-0.3, -0.25) is 9.59 Å². The summed E-state index contributed by atoms with van der Waals surface area (Å²) in [5.74, 6) is -1.11. The molecule has 138 valence electrons. The van der Waals surface area contributed by atoms with Gasteiger partial charge in [-0.25, -0.2) is 4.79 Å². The second-order valence-corrected chi connectivity index (χ2v) is 5.67. The highest BCUT2D eigenvalue weighted by Crippen LogP contribution is 2.33. The maximum absolute atomic E-state index is 12.4. The average Bonchev–Trinajstić information content (AvgIpc) is 2.57. The molecule has 0 bridgehead atoms. The number of aromatic carboxylic acids is 1. The Hall–Kier alpha value is -3.29. The molecule has 0 fully saturated rings. The molecule has 2 aromatic rings. The molecule has 0 radical (unpaired) electrons. The van der Waals surface area contributed by atoms with Crippen LogP contribution in [-0.4, -0.2) is 35.8 Å². The monoisotopic (exact) mass is 360 g/mol. The molecule has 1 amide bonds. The maximum atomic E-state index is 12.4. The summed E-state index contributed by atoms with van der Waals surface area (Å²) in [6.45, 7) is 3.38. The third kappa shape index (κ3) is 4.02. The molecule has 2 rings (SSSR count). The van der Waals surface area contributed by atoms with Crippen LogP contribution in [0.1, 0.15) is 21.7 Å². The average molecular weight is 360 g/mol. The summed E-state index contributed by atoms with van der Waals surface area (Å²) >= 11 is 0. The zero-order valence-electron chi connectivity index (χ0n) is 15.0. The number of hydrogen-bond donors (Lipinski definition) is 2. The predicted molar refractivity (Wildman–Crippen MR) is 95.3 cm³/mol. The van der Waals surface area contributed by atoms with Crippen molar-refractivity contribution >= 4 is 17.6 Å². The van der Waals surface area contributed by atoms with Gasteiger partial charge in [0.2, 0.25) is 5.91 Å². The number of aryl methyl sites for hydroxylation is 2. The number of benzene rings is 1. The molecular weight excluding hydrogens is 340 g/mol. The van der Waals surface area contributed by atoms with E-state index in [0.29, 0.717) is 17.1 Å². The number of methoxy groups -OCH3 is 2. The third-order valence-corrected chi connectivity index (χ3v) is 3.88. The van der Waals surface area contributed by atoms with Gasteiger partial charge in [0.15, 0.2) is 16.9 Å². The number of aromatic nitrogens is 1. The van der Waals surface area contributed by atoms with Crippen LogP contribution in [0.15, 0.2) is 29.1 Å². The third-order valence-electron chi connectivity index (χ3n) is 3.88. The highest BCUT2D eigenvalue weighted by molar-refractivity contribution is 6.01. The van der Waals surface area contributed by atoms with Gasteiger partial charge >= 0.3 is 5.97 Å². The number of carbonyl (C=O) groups excluding carboxylic acids is 1. The molecule has 1 heterocycles. The van der Waals surface area contributed by atoms with E-state index in [2.05, 4.69) is 5.32 Å². The van der Waals surface area contributed by atoms with E-state index >= 15 is 0 Å². The molecule has 1 aromatic carbocycles. The Labute approximate surface area is 150 Å². The van der Waals surface area contributed by atoms with Crippen molar-refractivity contribution in [1.29, 1.82) is 0 Å². The van der Waals surface area contributed by atoms with E-state index in [4.69, 9.17) is 9.47 Å². The van der Waals surface area contributed by atoms with E-state index in [0.717, 1.165) is 0 Å². The summed E-state index contributed by atoms with van der Waals surface area (Å²) in [4.78, 5) is 35.4. The first-order valence-electron chi connectivity index (χ1n) is 7.74. The van der Waals surface area contributed by atoms with Gasteiger partial charge in [0.1, 0.15) is 6.54 Å². The van der Waals surface area contributed by atoms with Gasteiger partial charge in [0, 0.05) is 35.7 Å². The fourth-order valence-corrected chi connectivity index (χ4v) is 2.63. The lowest BCUT2D eigenvalue weighted by atomic mass is 10.1. The van der Waals surface area contributed by atoms with Crippen LogP contribution in [0, 0.1) is 13.8 Å². The number of pyridine rings is 1. The number of carboxylic acid groups (broad SMARTS) is 1. The first kappa shape index (κ1) is 19.0. The summed E-state index contributed by atoms with van der Waals surface area (Å²) < 4.78 is 11.9. The van der Waals surface area contributed by atoms with Crippen molar-refractivity contribution in [3.8, 4) is 11.5 Å². The molecule has 0 aliphatic carbocycles. The van der Waals surface area contributed by atoms with Crippen molar-refractivity contribution in [2.45, 2.75) is 20.4 Å². The Morgan fingerprint density at radius 1 is 1.04 bits per heavy atom. The maximum Gasteiger partial charge on any atom is 0.337 e. The van der Waals surface area contributed by atoms with Crippen LogP contribution in [0.5, 0.6) is 11.5 Å². The zero-order valence-corrected chi connectivity index (χ0v) is 15.0. The summed E-state index contributed by atoms with van der Waals surface area (Å²) in [6.07, 6.45) is 0. The van der Waals surface area contributed by atoms with Crippen LogP contribution in [0.3, 0.4) is 0 Å². The Morgan fingerprint density at radius 3 is 2.08 bits per heavy atom. The molecule has 26 heavy (non-hydrogen) atoms. The molecule has 0 atom stereocenters. The second-order valence-electron chi connectivity index (χ2n) is 5.67. The number of rotatable bonds is 6. The fourth-order valence-electron chi connectivity index (χ4n) is 2.63. The molecule has 0 saturated heterocycles. The minimum absolute atomic E-state index is 0.0641. The molecule has 0 spiro atoms. The van der Waals surface area contributed by atoms with Gasteiger partial charge in [0.25, 0.3) is 0 Å². The van der Waals surface area contributed by atoms with Gasteiger partial charge in [-0.15, -0.1) is 0 Å². The first-order valence-corrected chi connectivity index (χ1v) is 7.74. The smallest absolute Gasteiger partial charge is 0.337 e. The highest BCUT2D eigenvalue weighted by Gasteiger charge is 2.18. The largest absolute Gasteiger partial charge is 0.493 e. The quantitative estimate of drug-likeness (QED) is 0.814. The molecule has 8 nitrogen and oxygen atoms in total. The van der Waals surface area contributed by atoms with E-state index in [-0.39, 0.29) is 29.0 Å². The molecule has 0 unspecified atom stereocenters. The molecule has 0 aliphatic rings. The minimum atomic E-state index is -1.21. The van der Waals surface area contributed by atoms with Crippen LogP contribution in [0.4, 0.5) is 5.69 Å². The highest BCUT2D eigenvalue weighted by atomic mass is 16.5. The summed E-state index contributed by atoms with van der Waals surface area (Å²) in [5.41, 5.74) is 1.11. The number of anilines is 1. The van der Waals surface area contributed by atoms with Crippen LogP contribution in [0.2, 0.25) is 0 Å². The number of ether oxygens (including phenoxy) is 2. The van der Waals surface area contributed by atoms with Gasteiger partial charge in [0.05, 0.1) is 25.5 Å². The van der Waals surface area contributed by atoms with E-state index < -0.39 is 11.9 Å². The van der Waals surface area contributed by atoms with Crippen molar-refractivity contribution in [2.24, 2.45) is 0 Å². The lowest BCUT2D eigenvalue weighted by Gasteiger charge is -2.16. The van der Waals surface area contributed by atoms with Crippen molar-refractivity contribution < 1.29 is 24.2 Å².